The van der Waals surface area contributed by atoms with Gasteiger partial charge in [-0.3, -0.25) is 4.79 Å². The smallest absolute Gasteiger partial charge is 0.335 e. The van der Waals surface area contributed by atoms with Gasteiger partial charge in [-0.25, -0.2) is 10.2 Å². The van der Waals surface area contributed by atoms with Crippen molar-refractivity contribution in [2.75, 3.05) is 7.11 Å². The van der Waals surface area contributed by atoms with Gasteiger partial charge >= 0.3 is 11.9 Å². The third kappa shape index (κ3) is 7.16. The SMILES string of the molecule is COc1cc(C=NNC(=O)c2ccc(COc3ccc(-n4c(C)ccc4C)cc3)o2)ccc1OCc1cccc(C(=O)O)c1. The lowest BCUT2D eigenvalue weighted by molar-refractivity contribution is 0.0696. The Kier molecular flexibility index (Phi) is 9.10. The van der Waals surface area contributed by atoms with Gasteiger partial charge in [0.2, 0.25) is 0 Å². The average molecular weight is 594 g/mol. The summed E-state index contributed by atoms with van der Waals surface area (Å²) in [6.07, 6.45) is 1.47. The number of ether oxygens (including phenoxy) is 3. The van der Waals surface area contributed by atoms with Crippen LogP contribution in [0.15, 0.2) is 101 Å². The van der Waals surface area contributed by atoms with E-state index >= 15 is 0 Å². The molecule has 0 aliphatic rings. The number of aromatic nitrogens is 1. The first-order valence-electron chi connectivity index (χ1n) is 13.7. The largest absolute Gasteiger partial charge is 0.493 e. The summed E-state index contributed by atoms with van der Waals surface area (Å²) in [5.74, 6) is 0.694. The monoisotopic (exact) mass is 593 g/mol. The minimum absolute atomic E-state index is 0.1000. The fourth-order valence-electron chi connectivity index (χ4n) is 4.56. The predicted octanol–water partition coefficient (Wildman–Crippen LogP) is 6.32. The van der Waals surface area contributed by atoms with Crippen LogP contribution in [0.25, 0.3) is 5.69 Å². The number of furan rings is 1. The van der Waals surface area contributed by atoms with E-state index in [1.54, 1.807) is 48.5 Å². The molecule has 0 bridgehead atoms. The molecule has 5 aromatic rings. The van der Waals surface area contributed by atoms with Crippen LogP contribution in [0.4, 0.5) is 0 Å². The van der Waals surface area contributed by atoms with E-state index in [4.69, 9.17) is 18.6 Å². The summed E-state index contributed by atoms with van der Waals surface area (Å²) in [5.41, 5.74) is 7.37. The summed E-state index contributed by atoms with van der Waals surface area (Å²) in [5, 5.41) is 13.2. The number of carboxylic acids is 1. The van der Waals surface area contributed by atoms with Gasteiger partial charge in [0, 0.05) is 17.1 Å². The predicted molar refractivity (Wildman–Crippen MR) is 164 cm³/mol. The van der Waals surface area contributed by atoms with Gasteiger partial charge < -0.3 is 28.3 Å². The Morgan fingerprint density at radius 3 is 2.39 bits per heavy atom. The van der Waals surface area contributed by atoms with Crippen molar-refractivity contribution in [3.63, 3.8) is 0 Å². The Labute approximate surface area is 254 Å². The average Bonchev–Trinajstić information content (AvgIpc) is 3.65. The lowest BCUT2D eigenvalue weighted by atomic mass is 10.1. The second-order valence-corrected chi connectivity index (χ2v) is 9.90. The molecule has 0 radical (unpaired) electrons. The molecular formula is C34H31N3O7. The van der Waals surface area contributed by atoms with Crippen molar-refractivity contribution >= 4 is 18.1 Å². The molecule has 0 saturated heterocycles. The fraction of sp³-hybridized carbons (Fsp3) is 0.147. The zero-order valence-corrected chi connectivity index (χ0v) is 24.4. The quantitative estimate of drug-likeness (QED) is 0.128. The molecule has 10 heteroatoms. The molecule has 44 heavy (non-hydrogen) atoms. The maximum absolute atomic E-state index is 12.5. The summed E-state index contributed by atoms with van der Waals surface area (Å²) >= 11 is 0. The molecule has 5 rings (SSSR count). The number of rotatable bonds is 12. The molecule has 0 aliphatic heterocycles. The summed E-state index contributed by atoms with van der Waals surface area (Å²) in [6.45, 7) is 4.45. The summed E-state index contributed by atoms with van der Waals surface area (Å²) < 4.78 is 24.9. The molecule has 0 unspecified atom stereocenters. The topological polar surface area (TPSA) is 125 Å². The molecule has 2 aromatic heterocycles. The first-order chi connectivity index (χ1) is 21.3. The number of aryl methyl sites for hydroxylation is 2. The number of nitrogens with one attached hydrogen (secondary N) is 1. The molecule has 3 aromatic carbocycles. The van der Waals surface area contributed by atoms with E-state index < -0.39 is 11.9 Å². The summed E-state index contributed by atoms with van der Waals surface area (Å²) in [7, 11) is 1.51. The molecule has 0 spiro atoms. The fourth-order valence-corrected chi connectivity index (χ4v) is 4.56. The van der Waals surface area contributed by atoms with Gasteiger partial charge in [-0.2, -0.15) is 5.10 Å². The normalized spacial score (nSPS) is 11.0. The number of hydrogen-bond donors (Lipinski definition) is 2. The Morgan fingerprint density at radius 2 is 1.66 bits per heavy atom. The molecule has 0 aliphatic carbocycles. The van der Waals surface area contributed by atoms with Gasteiger partial charge in [0.15, 0.2) is 17.3 Å². The number of nitrogens with zero attached hydrogens (tertiary/aromatic N) is 2. The number of hydrazone groups is 1. The van der Waals surface area contributed by atoms with E-state index in [1.807, 2.05) is 24.3 Å². The van der Waals surface area contributed by atoms with Crippen molar-refractivity contribution in [1.29, 1.82) is 0 Å². The molecule has 0 saturated carbocycles. The second kappa shape index (κ2) is 13.5. The van der Waals surface area contributed by atoms with Crippen LogP contribution in [-0.4, -0.2) is 34.9 Å². The Balaban J connectivity index is 1.12. The number of carboxylic acid groups (broad SMARTS) is 1. The first-order valence-corrected chi connectivity index (χ1v) is 13.7. The second-order valence-electron chi connectivity index (χ2n) is 9.90. The van der Waals surface area contributed by atoms with E-state index in [0.29, 0.717) is 34.1 Å². The molecule has 1 amide bonds. The lowest BCUT2D eigenvalue weighted by Crippen LogP contribution is -2.16. The zero-order chi connectivity index (χ0) is 31.1. The van der Waals surface area contributed by atoms with Gasteiger partial charge in [0.1, 0.15) is 24.7 Å². The molecule has 0 fully saturated rings. The highest BCUT2D eigenvalue weighted by Crippen LogP contribution is 2.28. The van der Waals surface area contributed by atoms with E-state index in [9.17, 15) is 14.7 Å². The van der Waals surface area contributed by atoms with Crippen LogP contribution in [-0.2, 0) is 13.2 Å². The minimum atomic E-state index is -1.00. The third-order valence-corrected chi connectivity index (χ3v) is 6.77. The van der Waals surface area contributed by atoms with Crippen molar-refractivity contribution in [1.82, 2.24) is 9.99 Å². The van der Waals surface area contributed by atoms with Crippen LogP contribution in [0, 0.1) is 13.8 Å². The van der Waals surface area contributed by atoms with Gasteiger partial charge in [0.05, 0.1) is 18.9 Å². The summed E-state index contributed by atoms with van der Waals surface area (Å²) in [4.78, 5) is 23.7. The molecule has 10 nitrogen and oxygen atoms in total. The maximum Gasteiger partial charge on any atom is 0.335 e. The van der Waals surface area contributed by atoms with Crippen LogP contribution in [0.2, 0.25) is 0 Å². The molecule has 224 valence electrons. The zero-order valence-electron chi connectivity index (χ0n) is 24.4. The molecular weight excluding hydrogens is 562 g/mol. The van der Waals surface area contributed by atoms with Crippen LogP contribution < -0.4 is 19.6 Å². The van der Waals surface area contributed by atoms with Crippen molar-refractivity contribution in [2.45, 2.75) is 27.1 Å². The molecule has 0 atom stereocenters. The third-order valence-electron chi connectivity index (χ3n) is 6.77. The number of methoxy groups -OCH3 is 1. The van der Waals surface area contributed by atoms with Crippen LogP contribution in [0.5, 0.6) is 17.2 Å². The Bertz CT molecular complexity index is 1780. The summed E-state index contributed by atoms with van der Waals surface area (Å²) in [6, 6.07) is 26.9. The van der Waals surface area contributed by atoms with Crippen LogP contribution >= 0.6 is 0 Å². The number of carbonyl (C=O) groups is 2. The van der Waals surface area contributed by atoms with Crippen molar-refractivity contribution < 1.29 is 33.3 Å². The van der Waals surface area contributed by atoms with Gasteiger partial charge in [-0.15, -0.1) is 0 Å². The maximum atomic E-state index is 12.5. The lowest BCUT2D eigenvalue weighted by Gasteiger charge is -2.11. The van der Waals surface area contributed by atoms with Crippen molar-refractivity contribution in [3.05, 3.63) is 131 Å². The van der Waals surface area contributed by atoms with Gasteiger partial charge in [-0.1, -0.05) is 12.1 Å². The van der Waals surface area contributed by atoms with E-state index in [-0.39, 0.29) is 24.5 Å². The van der Waals surface area contributed by atoms with E-state index in [1.165, 1.54) is 19.4 Å². The van der Waals surface area contributed by atoms with Gasteiger partial charge in [-0.05, 0) is 104 Å². The number of benzene rings is 3. The number of amides is 1. The molecule has 2 heterocycles. The van der Waals surface area contributed by atoms with E-state index in [0.717, 1.165) is 17.1 Å². The Hall–Kier alpha value is -5.77. The van der Waals surface area contributed by atoms with Crippen molar-refractivity contribution in [3.8, 4) is 22.9 Å². The number of carbonyl (C=O) groups excluding carboxylic acids is 1. The highest BCUT2D eigenvalue weighted by molar-refractivity contribution is 5.92. The van der Waals surface area contributed by atoms with Crippen LogP contribution in [0.3, 0.4) is 0 Å². The minimum Gasteiger partial charge on any atom is -0.493 e. The number of aromatic carboxylic acids is 1. The highest BCUT2D eigenvalue weighted by Gasteiger charge is 2.12. The van der Waals surface area contributed by atoms with Crippen LogP contribution in [0.1, 0.15) is 49.2 Å². The standard InChI is InChI=1S/C34H31N3O7/c1-22-7-8-23(2)37(22)27-10-12-28(13-11-27)42-21-29-14-16-31(44-29)33(38)36-35-19-24-9-15-30(32(18-24)41-3)43-20-25-5-4-6-26(17-25)34(39)40/h4-19H,20-21H2,1-3H3,(H,36,38)(H,39,40). The highest BCUT2D eigenvalue weighted by atomic mass is 16.5. The van der Waals surface area contributed by atoms with E-state index in [2.05, 4.69) is 41.1 Å². The molecule has 2 N–H and O–H groups in total. The van der Waals surface area contributed by atoms with Gasteiger partial charge in [0.25, 0.3) is 0 Å². The Morgan fingerprint density at radius 1 is 0.886 bits per heavy atom. The van der Waals surface area contributed by atoms with Crippen molar-refractivity contribution in [2.24, 2.45) is 5.10 Å². The first kappa shape index (κ1) is 29.7. The number of hydrogen-bond acceptors (Lipinski definition) is 7.